The van der Waals surface area contributed by atoms with Gasteiger partial charge in [0, 0.05) is 32.3 Å². The molecular formula is C18H26N4O3. The second-order valence-electron chi connectivity index (χ2n) is 7.61. The first-order valence-corrected chi connectivity index (χ1v) is 9.28. The minimum absolute atomic E-state index is 0.0941. The van der Waals surface area contributed by atoms with Crippen LogP contribution in [0.25, 0.3) is 0 Å². The van der Waals surface area contributed by atoms with Crippen molar-refractivity contribution >= 4 is 11.8 Å². The van der Waals surface area contributed by atoms with E-state index >= 15 is 0 Å². The monoisotopic (exact) mass is 346 g/mol. The minimum atomic E-state index is -0.170. The van der Waals surface area contributed by atoms with E-state index in [1.54, 1.807) is 24.0 Å². The molecule has 1 spiro atoms. The van der Waals surface area contributed by atoms with E-state index in [0.29, 0.717) is 24.1 Å². The third kappa shape index (κ3) is 2.94. The van der Waals surface area contributed by atoms with Gasteiger partial charge in [0.1, 0.15) is 11.3 Å². The number of hydrogen-bond donors (Lipinski definition) is 1. The zero-order chi connectivity index (χ0) is 17.4. The molecule has 1 aliphatic carbocycles. The molecule has 0 aromatic carbocycles. The van der Waals surface area contributed by atoms with E-state index in [2.05, 4.69) is 10.4 Å². The van der Waals surface area contributed by atoms with E-state index in [9.17, 15) is 9.59 Å². The summed E-state index contributed by atoms with van der Waals surface area (Å²) in [6.07, 6.45) is 6.79. The Kier molecular flexibility index (Phi) is 4.27. The van der Waals surface area contributed by atoms with Crippen LogP contribution in [0.4, 0.5) is 0 Å². The van der Waals surface area contributed by atoms with Gasteiger partial charge in [0.05, 0.1) is 13.1 Å². The van der Waals surface area contributed by atoms with Gasteiger partial charge in [-0.15, -0.1) is 0 Å². The summed E-state index contributed by atoms with van der Waals surface area (Å²) in [5.74, 6) is 0.888. The first-order valence-electron chi connectivity index (χ1n) is 9.28. The molecule has 4 rings (SSSR count). The van der Waals surface area contributed by atoms with Crippen LogP contribution in [0.2, 0.25) is 0 Å². The first kappa shape index (κ1) is 16.6. The number of aryl methyl sites for hydroxylation is 1. The molecule has 7 heteroatoms. The standard InChI is InChI=1S/C18H26N4O3/c1-21-15(6-9-20-21)16(23)19-8-5-14-7-10-25-18(14)11-22(12-18)17(24)13-3-2-4-13/h6,9,13-14H,2-5,7-8,10-12H2,1H3,(H,19,23). The number of carbonyl (C=O) groups is 2. The summed E-state index contributed by atoms with van der Waals surface area (Å²) >= 11 is 0. The number of rotatable bonds is 5. The molecule has 136 valence electrons. The fourth-order valence-corrected chi connectivity index (χ4v) is 4.26. The average molecular weight is 346 g/mol. The van der Waals surface area contributed by atoms with Gasteiger partial charge in [-0.3, -0.25) is 14.3 Å². The summed E-state index contributed by atoms with van der Waals surface area (Å²) in [7, 11) is 1.76. The molecule has 3 fully saturated rings. The van der Waals surface area contributed by atoms with Crippen molar-refractivity contribution in [3.63, 3.8) is 0 Å². The minimum Gasteiger partial charge on any atom is -0.371 e. The van der Waals surface area contributed by atoms with Crippen molar-refractivity contribution in [3.05, 3.63) is 18.0 Å². The summed E-state index contributed by atoms with van der Waals surface area (Å²) < 4.78 is 7.60. The number of ether oxygens (including phenoxy) is 1. The van der Waals surface area contributed by atoms with Gasteiger partial charge in [0.15, 0.2) is 0 Å². The molecule has 1 atom stereocenters. The molecule has 3 heterocycles. The topological polar surface area (TPSA) is 76.5 Å². The van der Waals surface area contributed by atoms with E-state index in [4.69, 9.17) is 4.74 Å². The maximum Gasteiger partial charge on any atom is 0.269 e. The third-order valence-corrected chi connectivity index (χ3v) is 6.11. The molecule has 25 heavy (non-hydrogen) atoms. The molecule has 3 aliphatic rings. The highest BCUT2D eigenvalue weighted by atomic mass is 16.5. The molecule has 0 radical (unpaired) electrons. The molecule has 0 bridgehead atoms. The molecular weight excluding hydrogens is 320 g/mol. The Morgan fingerprint density at radius 2 is 2.16 bits per heavy atom. The van der Waals surface area contributed by atoms with Gasteiger partial charge in [-0.25, -0.2) is 0 Å². The van der Waals surface area contributed by atoms with Crippen LogP contribution in [0.15, 0.2) is 12.3 Å². The predicted molar refractivity (Wildman–Crippen MR) is 90.9 cm³/mol. The molecule has 2 amide bonds. The first-order chi connectivity index (χ1) is 12.1. The van der Waals surface area contributed by atoms with Gasteiger partial charge in [-0.05, 0) is 37.7 Å². The SMILES string of the molecule is Cn1nccc1C(=O)NCCC1CCOC12CN(C(=O)C1CCC1)C2. The zero-order valence-corrected chi connectivity index (χ0v) is 14.7. The quantitative estimate of drug-likeness (QED) is 0.861. The Morgan fingerprint density at radius 3 is 2.80 bits per heavy atom. The van der Waals surface area contributed by atoms with Crippen LogP contribution in [-0.4, -0.2) is 58.3 Å². The van der Waals surface area contributed by atoms with Crippen molar-refractivity contribution in [1.29, 1.82) is 0 Å². The molecule has 1 saturated carbocycles. The number of amides is 2. The predicted octanol–water partition coefficient (Wildman–Crippen LogP) is 0.958. The van der Waals surface area contributed by atoms with E-state index < -0.39 is 0 Å². The lowest BCUT2D eigenvalue weighted by atomic mass is 9.76. The van der Waals surface area contributed by atoms with E-state index in [1.165, 1.54) is 6.42 Å². The van der Waals surface area contributed by atoms with Crippen molar-refractivity contribution in [2.45, 2.75) is 37.7 Å². The van der Waals surface area contributed by atoms with Crippen molar-refractivity contribution in [2.24, 2.45) is 18.9 Å². The number of nitrogens with zero attached hydrogens (tertiary/aromatic N) is 3. The molecule has 1 unspecified atom stereocenters. The zero-order valence-electron chi connectivity index (χ0n) is 14.7. The summed E-state index contributed by atoms with van der Waals surface area (Å²) in [6, 6.07) is 1.71. The van der Waals surface area contributed by atoms with Gasteiger partial charge in [-0.2, -0.15) is 5.10 Å². The van der Waals surface area contributed by atoms with Crippen LogP contribution in [-0.2, 0) is 16.6 Å². The van der Waals surface area contributed by atoms with E-state index in [-0.39, 0.29) is 17.4 Å². The third-order valence-electron chi connectivity index (χ3n) is 6.11. The Balaban J connectivity index is 1.26. The van der Waals surface area contributed by atoms with Gasteiger partial charge < -0.3 is 15.0 Å². The van der Waals surface area contributed by atoms with Crippen LogP contribution in [0.3, 0.4) is 0 Å². The lowest BCUT2D eigenvalue weighted by molar-refractivity contribution is -0.171. The van der Waals surface area contributed by atoms with Gasteiger partial charge >= 0.3 is 0 Å². The Morgan fingerprint density at radius 1 is 1.36 bits per heavy atom. The number of carbonyl (C=O) groups excluding carboxylic acids is 2. The van der Waals surface area contributed by atoms with Crippen molar-refractivity contribution in [1.82, 2.24) is 20.0 Å². The van der Waals surface area contributed by atoms with Crippen LogP contribution in [0.1, 0.15) is 42.6 Å². The highest BCUT2D eigenvalue weighted by Crippen LogP contribution is 2.43. The Labute approximate surface area is 147 Å². The molecule has 2 aliphatic heterocycles. The van der Waals surface area contributed by atoms with E-state index in [1.807, 2.05) is 4.90 Å². The molecule has 1 aromatic heterocycles. The highest BCUT2D eigenvalue weighted by molar-refractivity contribution is 5.92. The maximum atomic E-state index is 12.3. The lowest BCUT2D eigenvalue weighted by Gasteiger charge is -2.51. The summed E-state index contributed by atoms with van der Waals surface area (Å²) in [4.78, 5) is 26.4. The largest absolute Gasteiger partial charge is 0.371 e. The fraction of sp³-hybridized carbons (Fsp3) is 0.722. The van der Waals surface area contributed by atoms with E-state index in [0.717, 1.165) is 45.4 Å². The van der Waals surface area contributed by atoms with Gasteiger partial charge in [0.2, 0.25) is 5.91 Å². The van der Waals surface area contributed by atoms with Crippen LogP contribution in [0.5, 0.6) is 0 Å². The Bertz CT molecular complexity index is 661. The number of aromatic nitrogens is 2. The van der Waals surface area contributed by atoms with Gasteiger partial charge in [0.25, 0.3) is 5.91 Å². The van der Waals surface area contributed by atoms with Gasteiger partial charge in [-0.1, -0.05) is 6.42 Å². The summed E-state index contributed by atoms with van der Waals surface area (Å²) in [5, 5.41) is 6.99. The second kappa shape index (κ2) is 6.44. The molecule has 1 aromatic rings. The Hall–Kier alpha value is -1.89. The summed E-state index contributed by atoms with van der Waals surface area (Å²) in [5.41, 5.74) is 0.398. The normalized spacial score (nSPS) is 24.8. The number of nitrogens with one attached hydrogen (secondary N) is 1. The highest BCUT2D eigenvalue weighted by Gasteiger charge is 2.54. The number of likely N-dealkylation sites (tertiary alicyclic amines) is 1. The second-order valence-corrected chi connectivity index (χ2v) is 7.61. The smallest absolute Gasteiger partial charge is 0.269 e. The van der Waals surface area contributed by atoms with Crippen molar-refractivity contribution in [3.8, 4) is 0 Å². The molecule has 1 N–H and O–H groups in total. The van der Waals surface area contributed by atoms with Crippen LogP contribution >= 0.6 is 0 Å². The fourth-order valence-electron chi connectivity index (χ4n) is 4.26. The van der Waals surface area contributed by atoms with Crippen LogP contribution in [0, 0.1) is 11.8 Å². The molecule has 7 nitrogen and oxygen atoms in total. The lowest BCUT2D eigenvalue weighted by Crippen LogP contribution is -2.67. The van der Waals surface area contributed by atoms with Crippen molar-refractivity contribution in [2.75, 3.05) is 26.2 Å². The van der Waals surface area contributed by atoms with Crippen molar-refractivity contribution < 1.29 is 14.3 Å². The maximum absolute atomic E-state index is 12.3. The summed E-state index contributed by atoms with van der Waals surface area (Å²) in [6.45, 7) is 2.83. The number of hydrogen-bond acceptors (Lipinski definition) is 4. The van der Waals surface area contributed by atoms with Crippen LogP contribution < -0.4 is 5.32 Å². The molecule has 2 saturated heterocycles. The average Bonchev–Trinajstić information content (AvgIpc) is 3.10.